The smallest absolute Gasteiger partial charge is 0.333 e. The number of nitrogens with zero attached hydrogens (tertiary/aromatic N) is 1. The Kier molecular flexibility index (Phi) is 6.81. The zero-order valence-electron chi connectivity index (χ0n) is 17.0. The summed E-state index contributed by atoms with van der Waals surface area (Å²) in [5.41, 5.74) is 5.99. The number of nitrogens with one attached hydrogen (secondary N) is 1. The number of hydrogen-bond acceptors (Lipinski definition) is 8. The summed E-state index contributed by atoms with van der Waals surface area (Å²) in [6.07, 6.45) is -2.55. The molecule has 0 bridgehead atoms. The van der Waals surface area contributed by atoms with Gasteiger partial charge in [-0.05, 0) is 11.6 Å². The van der Waals surface area contributed by atoms with E-state index in [4.69, 9.17) is 20.3 Å². The minimum Gasteiger partial charge on any atom is -0.481 e. The Hall–Kier alpha value is -3.03. The monoisotopic (exact) mass is 451 g/mol. The van der Waals surface area contributed by atoms with Crippen molar-refractivity contribution in [1.29, 1.82) is 0 Å². The van der Waals surface area contributed by atoms with Crippen LogP contribution in [0.4, 0.5) is 4.79 Å². The summed E-state index contributed by atoms with van der Waals surface area (Å²) in [5, 5.41) is 41.1. The molecule has 1 fully saturated rings. The number of hydrogen-bond donors (Lipinski definition) is 6. The van der Waals surface area contributed by atoms with Gasteiger partial charge in [0.05, 0.1) is 13.0 Å². The summed E-state index contributed by atoms with van der Waals surface area (Å²) in [5.74, 6) is -5.40. The number of aliphatic hydroxyl groups excluding tert-OH is 1. The number of benzene rings is 1. The number of carbonyl (C=O) groups excluding carboxylic acids is 1. The Morgan fingerprint density at radius 3 is 2.56 bits per heavy atom. The molecule has 2 unspecified atom stereocenters. The van der Waals surface area contributed by atoms with E-state index in [1.807, 2.05) is 30.3 Å². The van der Waals surface area contributed by atoms with Gasteiger partial charge in [-0.2, -0.15) is 0 Å². The fourth-order valence-electron chi connectivity index (χ4n) is 3.63. The normalized spacial score (nSPS) is 30.7. The number of nitrogens with two attached hydrogens (primary N) is 1. The highest BCUT2D eigenvalue weighted by molar-refractivity contribution is 5.80. The Balaban J connectivity index is 1.74. The van der Waals surface area contributed by atoms with Crippen molar-refractivity contribution in [2.75, 3.05) is 6.61 Å². The maximum absolute atomic E-state index is 12.7. The lowest BCUT2D eigenvalue weighted by molar-refractivity contribution is -0.259. The predicted molar refractivity (Wildman–Crippen MR) is 107 cm³/mol. The number of ether oxygens (including phenoxy) is 2. The highest BCUT2D eigenvalue weighted by Gasteiger charge is 2.53. The van der Waals surface area contributed by atoms with Crippen LogP contribution < -0.4 is 11.1 Å². The van der Waals surface area contributed by atoms with Gasteiger partial charge >= 0.3 is 18.0 Å². The van der Waals surface area contributed by atoms with E-state index in [-0.39, 0.29) is 0 Å². The number of rotatable bonds is 9. The first-order chi connectivity index (χ1) is 15.0. The number of aliphatic carboxylic acids is 2. The van der Waals surface area contributed by atoms with Crippen LogP contribution in [-0.2, 0) is 25.5 Å². The van der Waals surface area contributed by atoms with Crippen LogP contribution in [0.15, 0.2) is 42.6 Å². The highest BCUT2D eigenvalue weighted by atomic mass is 16.7. The van der Waals surface area contributed by atoms with Crippen molar-refractivity contribution in [2.24, 2.45) is 5.73 Å². The first kappa shape index (κ1) is 23.6. The summed E-state index contributed by atoms with van der Waals surface area (Å²) in [6, 6.07) is 8.62. The van der Waals surface area contributed by atoms with Crippen molar-refractivity contribution >= 4 is 18.0 Å². The van der Waals surface area contributed by atoms with E-state index in [0.717, 1.165) is 10.5 Å². The highest BCUT2D eigenvalue weighted by Crippen LogP contribution is 2.36. The van der Waals surface area contributed by atoms with Crippen LogP contribution in [0.5, 0.6) is 0 Å². The molecule has 32 heavy (non-hydrogen) atoms. The minimum atomic E-state index is -2.34. The molecule has 0 radical (unpaired) electrons. The molecule has 0 aromatic heterocycles. The summed E-state index contributed by atoms with van der Waals surface area (Å²) in [7, 11) is 0. The SMILES string of the molecule is NC1(Cc2ccccc2)C=CN([C@H]2C[C@@](O)(OC(CC(=O)O)C(=O)O)[C@@H](CO)O2)C(=O)N1. The van der Waals surface area contributed by atoms with E-state index in [2.05, 4.69) is 5.32 Å². The third-order valence-corrected chi connectivity index (χ3v) is 5.20. The van der Waals surface area contributed by atoms with Crippen LogP contribution in [0.3, 0.4) is 0 Å². The van der Waals surface area contributed by atoms with Crippen LogP contribution in [0.2, 0.25) is 0 Å². The number of aliphatic hydroxyl groups is 2. The maximum Gasteiger partial charge on any atom is 0.333 e. The van der Waals surface area contributed by atoms with Crippen molar-refractivity contribution in [2.45, 2.75) is 49.1 Å². The number of carboxylic acids is 2. The molecular weight excluding hydrogens is 426 g/mol. The average Bonchev–Trinajstić information content (AvgIpc) is 3.03. The Morgan fingerprint density at radius 1 is 1.31 bits per heavy atom. The summed E-state index contributed by atoms with van der Waals surface area (Å²) in [6.45, 7) is -0.763. The number of carbonyl (C=O) groups is 3. The predicted octanol–water partition coefficient (Wildman–Crippen LogP) is -0.837. The molecule has 1 aromatic rings. The number of amides is 2. The molecule has 174 valence electrons. The molecule has 0 spiro atoms. The van der Waals surface area contributed by atoms with Gasteiger partial charge in [-0.15, -0.1) is 0 Å². The molecule has 2 heterocycles. The summed E-state index contributed by atoms with van der Waals surface area (Å²) >= 11 is 0. The molecule has 2 aliphatic heterocycles. The molecule has 0 saturated carbocycles. The fraction of sp³-hybridized carbons (Fsp3) is 0.450. The Morgan fingerprint density at radius 2 is 2.00 bits per heavy atom. The molecule has 2 amide bonds. The van der Waals surface area contributed by atoms with Crippen LogP contribution in [0.1, 0.15) is 18.4 Å². The standard InChI is InChI=1S/C20H25N3O9/c21-19(9-12-4-2-1-3-5-12)6-7-23(18(29)22-19)15-10-20(30,14(11-24)31-15)32-13(17(27)28)8-16(25)26/h1-7,13-15,24,30H,8-11,21H2,(H,22,29)(H,25,26)(H,27,28)/t13?,14-,15-,19?,20-/m1/s1. The second-order valence-electron chi connectivity index (χ2n) is 7.71. The molecular formula is C20H25N3O9. The minimum absolute atomic E-state index is 0.317. The van der Waals surface area contributed by atoms with Gasteiger partial charge in [0.15, 0.2) is 11.9 Å². The number of urea groups is 1. The van der Waals surface area contributed by atoms with E-state index in [0.29, 0.717) is 6.42 Å². The third kappa shape index (κ3) is 5.23. The quantitative estimate of drug-likeness (QED) is 0.258. The van der Waals surface area contributed by atoms with Crippen molar-refractivity contribution in [3.63, 3.8) is 0 Å². The van der Waals surface area contributed by atoms with E-state index in [1.165, 1.54) is 6.20 Å². The third-order valence-electron chi connectivity index (χ3n) is 5.20. The van der Waals surface area contributed by atoms with Crippen LogP contribution in [0, 0.1) is 0 Å². The second-order valence-corrected chi connectivity index (χ2v) is 7.71. The van der Waals surface area contributed by atoms with E-state index < -0.39 is 67.3 Å². The molecule has 0 aliphatic carbocycles. The first-order valence-electron chi connectivity index (χ1n) is 9.79. The van der Waals surface area contributed by atoms with E-state index >= 15 is 0 Å². The van der Waals surface area contributed by atoms with Gasteiger partial charge in [0.1, 0.15) is 18.0 Å². The lowest BCUT2D eigenvalue weighted by atomic mass is 9.99. The zero-order valence-corrected chi connectivity index (χ0v) is 17.0. The van der Waals surface area contributed by atoms with Crippen molar-refractivity contribution < 1.29 is 44.3 Å². The molecule has 3 rings (SSSR count). The van der Waals surface area contributed by atoms with E-state index in [9.17, 15) is 29.7 Å². The van der Waals surface area contributed by atoms with Crippen LogP contribution in [0.25, 0.3) is 0 Å². The Bertz CT molecular complexity index is 896. The molecule has 7 N–H and O–H groups in total. The van der Waals surface area contributed by atoms with Crippen LogP contribution in [-0.4, -0.2) is 79.8 Å². The van der Waals surface area contributed by atoms with Crippen LogP contribution >= 0.6 is 0 Å². The molecule has 2 aliphatic rings. The van der Waals surface area contributed by atoms with Gasteiger partial charge in [0.2, 0.25) is 0 Å². The van der Waals surface area contributed by atoms with Crippen molar-refractivity contribution in [3.05, 3.63) is 48.2 Å². The molecule has 1 saturated heterocycles. The van der Waals surface area contributed by atoms with Crippen molar-refractivity contribution in [1.82, 2.24) is 10.2 Å². The largest absolute Gasteiger partial charge is 0.481 e. The van der Waals surface area contributed by atoms with Gasteiger partial charge < -0.3 is 41.0 Å². The van der Waals surface area contributed by atoms with Gasteiger partial charge in [-0.3, -0.25) is 9.69 Å². The topological polar surface area (TPSA) is 192 Å². The van der Waals surface area contributed by atoms with Gasteiger partial charge in [-0.25, -0.2) is 9.59 Å². The van der Waals surface area contributed by atoms with Gasteiger partial charge in [0.25, 0.3) is 0 Å². The Labute approximate surface area is 182 Å². The summed E-state index contributed by atoms with van der Waals surface area (Å²) < 4.78 is 10.6. The lowest BCUT2D eigenvalue weighted by Crippen LogP contribution is -2.62. The van der Waals surface area contributed by atoms with E-state index in [1.54, 1.807) is 6.08 Å². The fourth-order valence-corrected chi connectivity index (χ4v) is 3.63. The molecule has 1 aromatic carbocycles. The maximum atomic E-state index is 12.7. The molecule has 5 atom stereocenters. The average molecular weight is 451 g/mol. The first-order valence-corrected chi connectivity index (χ1v) is 9.79. The lowest BCUT2D eigenvalue weighted by Gasteiger charge is -2.37. The molecule has 12 nitrogen and oxygen atoms in total. The van der Waals surface area contributed by atoms with Gasteiger partial charge in [-0.1, -0.05) is 30.3 Å². The number of carboxylic acid groups (broad SMARTS) is 2. The second kappa shape index (κ2) is 9.22. The summed E-state index contributed by atoms with van der Waals surface area (Å²) in [4.78, 5) is 36.0. The van der Waals surface area contributed by atoms with Gasteiger partial charge in [0, 0.05) is 19.0 Å². The zero-order chi connectivity index (χ0) is 23.5. The molecule has 12 heteroatoms. The van der Waals surface area contributed by atoms with Crippen molar-refractivity contribution in [3.8, 4) is 0 Å².